The molecule has 1 aromatic carbocycles. The van der Waals surface area contributed by atoms with Crippen LogP contribution in [-0.2, 0) is 4.79 Å². The minimum atomic E-state index is -0.457. The zero-order chi connectivity index (χ0) is 12.7. The summed E-state index contributed by atoms with van der Waals surface area (Å²) in [5.74, 6) is -0.522. The van der Waals surface area contributed by atoms with Crippen molar-refractivity contribution < 1.29 is 9.18 Å². The lowest BCUT2D eigenvalue weighted by atomic mass is 10.3. The fourth-order valence-electron chi connectivity index (χ4n) is 1.20. The zero-order valence-electron chi connectivity index (χ0n) is 9.30. The summed E-state index contributed by atoms with van der Waals surface area (Å²) in [5, 5.41) is 5.70. The molecule has 0 aromatic heterocycles. The van der Waals surface area contributed by atoms with Gasteiger partial charge in [0.2, 0.25) is 5.91 Å². The molecule has 17 heavy (non-hydrogen) atoms. The summed E-state index contributed by atoms with van der Waals surface area (Å²) in [4.78, 5) is 11.2. The molecule has 5 heteroatoms. The Morgan fingerprint density at radius 2 is 2.29 bits per heavy atom. The summed E-state index contributed by atoms with van der Waals surface area (Å²) in [7, 11) is 0. The number of hydrogen-bond donors (Lipinski definition) is 2. The molecule has 3 nitrogen and oxygen atoms in total. The molecule has 0 spiro atoms. The van der Waals surface area contributed by atoms with Gasteiger partial charge in [-0.1, -0.05) is 17.7 Å². The van der Waals surface area contributed by atoms with Crippen molar-refractivity contribution in [1.82, 2.24) is 5.32 Å². The third-order valence-electron chi connectivity index (χ3n) is 2.04. The van der Waals surface area contributed by atoms with E-state index in [4.69, 9.17) is 11.6 Å². The van der Waals surface area contributed by atoms with Crippen molar-refractivity contribution in [3.8, 4) is 0 Å². The summed E-state index contributed by atoms with van der Waals surface area (Å²) < 4.78 is 12.9. The molecule has 0 heterocycles. The fraction of sp³-hybridized carbons (Fsp3) is 0.250. The molecule has 0 fully saturated rings. The van der Waals surface area contributed by atoms with E-state index in [0.717, 1.165) is 0 Å². The van der Waals surface area contributed by atoms with Crippen LogP contribution >= 0.6 is 11.6 Å². The molecule has 92 valence electrons. The Bertz CT molecular complexity index is 409. The summed E-state index contributed by atoms with van der Waals surface area (Å²) in [6.07, 6.45) is 1.95. The van der Waals surface area contributed by atoms with Crippen LogP contribution in [0.5, 0.6) is 0 Å². The average Bonchev–Trinajstić information content (AvgIpc) is 2.31. The van der Waals surface area contributed by atoms with Crippen LogP contribution in [0.4, 0.5) is 10.1 Å². The monoisotopic (exact) mass is 256 g/mol. The van der Waals surface area contributed by atoms with E-state index in [1.807, 2.05) is 0 Å². The number of carbonyl (C=O) groups excluding carboxylic acids is 1. The van der Waals surface area contributed by atoms with E-state index in [-0.39, 0.29) is 10.9 Å². The Hall–Kier alpha value is -1.55. The molecule has 1 aromatic rings. The molecule has 0 aliphatic heterocycles. The van der Waals surface area contributed by atoms with Gasteiger partial charge in [-0.05, 0) is 18.2 Å². The topological polar surface area (TPSA) is 41.1 Å². The Morgan fingerprint density at radius 3 is 2.94 bits per heavy atom. The van der Waals surface area contributed by atoms with Crippen LogP contribution in [-0.4, -0.2) is 19.0 Å². The highest BCUT2D eigenvalue weighted by atomic mass is 35.5. The van der Waals surface area contributed by atoms with Crippen molar-refractivity contribution in [3.05, 3.63) is 41.7 Å². The van der Waals surface area contributed by atoms with E-state index in [0.29, 0.717) is 25.2 Å². The van der Waals surface area contributed by atoms with Crippen molar-refractivity contribution in [2.24, 2.45) is 0 Å². The Morgan fingerprint density at radius 1 is 1.53 bits per heavy atom. The SMILES string of the molecule is C=CCNC(=O)CCNc1ccc(F)c(Cl)c1. The van der Waals surface area contributed by atoms with Crippen molar-refractivity contribution in [3.63, 3.8) is 0 Å². The van der Waals surface area contributed by atoms with Gasteiger partial charge in [0.15, 0.2) is 0 Å². The highest BCUT2D eigenvalue weighted by Gasteiger charge is 2.02. The molecule has 0 unspecified atom stereocenters. The maximum Gasteiger partial charge on any atom is 0.222 e. The number of hydrogen-bond acceptors (Lipinski definition) is 2. The lowest BCUT2D eigenvalue weighted by Crippen LogP contribution is -2.25. The average molecular weight is 257 g/mol. The summed E-state index contributed by atoms with van der Waals surface area (Å²) in [6.45, 7) is 4.42. The first-order valence-corrected chi connectivity index (χ1v) is 5.58. The molecule has 0 radical (unpaired) electrons. The normalized spacial score (nSPS) is 9.76. The molecule has 1 rings (SSSR count). The second-order valence-corrected chi connectivity index (χ2v) is 3.81. The molecule has 0 bridgehead atoms. The first-order valence-electron chi connectivity index (χ1n) is 5.20. The number of halogens is 2. The van der Waals surface area contributed by atoms with E-state index >= 15 is 0 Å². The molecule has 0 aliphatic carbocycles. The third kappa shape index (κ3) is 4.87. The molecule has 2 N–H and O–H groups in total. The summed E-state index contributed by atoms with van der Waals surface area (Å²) in [5.41, 5.74) is 0.688. The number of amides is 1. The van der Waals surface area contributed by atoms with E-state index in [1.54, 1.807) is 12.1 Å². The number of rotatable bonds is 6. The Kier molecular flexibility index (Phi) is 5.49. The molecule has 1 amide bonds. The first-order chi connectivity index (χ1) is 8.13. The predicted molar refractivity (Wildman–Crippen MR) is 67.7 cm³/mol. The van der Waals surface area contributed by atoms with Gasteiger partial charge in [-0.2, -0.15) is 0 Å². The second kappa shape index (κ2) is 6.91. The summed E-state index contributed by atoms with van der Waals surface area (Å²) >= 11 is 5.62. The van der Waals surface area contributed by atoms with Gasteiger partial charge in [0, 0.05) is 25.2 Å². The van der Waals surface area contributed by atoms with Crippen LogP contribution in [0.3, 0.4) is 0 Å². The Labute approximate surface area is 105 Å². The number of carbonyl (C=O) groups is 1. The number of anilines is 1. The smallest absolute Gasteiger partial charge is 0.222 e. The molecule has 0 atom stereocenters. The van der Waals surface area contributed by atoms with Gasteiger partial charge in [-0.3, -0.25) is 4.79 Å². The van der Waals surface area contributed by atoms with Crippen molar-refractivity contribution in [2.45, 2.75) is 6.42 Å². The van der Waals surface area contributed by atoms with Crippen LogP contribution in [0.1, 0.15) is 6.42 Å². The quantitative estimate of drug-likeness (QED) is 0.768. The number of benzene rings is 1. The zero-order valence-corrected chi connectivity index (χ0v) is 10.1. The van der Waals surface area contributed by atoms with Gasteiger partial charge in [-0.25, -0.2) is 4.39 Å². The maximum absolute atomic E-state index is 12.9. The van der Waals surface area contributed by atoms with E-state index in [1.165, 1.54) is 12.1 Å². The van der Waals surface area contributed by atoms with Gasteiger partial charge in [0.25, 0.3) is 0 Å². The molecular weight excluding hydrogens is 243 g/mol. The first kappa shape index (κ1) is 13.5. The molecule has 0 saturated heterocycles. The lowest BCUT2D eigenvalue weighted by molar-refractivity contribution is -0.120. The minimum absolute atomic E-state index is 0.0612. The van der Waals surface area contributed by atoms with E-state index < -0.39 is 5.82 Å². The lowest BCUT2D eigenvalue weighted by Gasteiger charge is -2.07. The highest BCUT2D eigenvalue weighted by Crippen LogP contribution is 2.19. The minimum Gasteiger partial charge on any atom is -0.384 e. The van der Waals surface area contributed by atoms with Crippen molar-refractivity contribution in [2.75, 3.05) is 18.4 Å². The largest absolute Gasteiger partial charge is 0.384 e. The molecule has 0 aliphatic rings. The second-order valence-electron chi connectivity index (χ2n) is 3.40. The van der Waals surface area contributed by atoms with E-state index in [2.05, 4.69) is 17.2 Å². The fourth-order valence-corrected chi connectivity index (χ4v) is 1.38. The van der Waals surface area contributed by atoms with Gasteiger partial charge in [0.05, 0.1) is 5.02 Å². The standard InChI is InChI=1S/C12H14ClFN2O/c1-2-6-16-12(17)5-7-15-9-3-4-11(14)10(13)8-9/h2-4,8,15H,1,5-7H2,(H,16,17). The molecule has 0 saturated carbocycles. The Balaban J connectivity index is 2.33. The summed E-state index contributed by atoms with van der Waals surface area (Å²) in [6, 6.07) is 4.34. The van der Waals surface area contributed by atoms with Crippen molar-refractivity contribution >= 4 is 23.2 Å². The third-order valence-corrected chi connectivity index (χ3v) is 2.33. The van der Waals surface area contributed by atoms with Gasteiger partial charge >= 0.3 is 0 Å². The predicted octanol–water partition coefficient (Wildman–Crippen LogP) is 2.58. The number of nitrogens with one attached hydrogen (secondary N) is 2. The van der Waals surface area contributed by atoms with Gasteiger partial charge < -0.3 is 10.6 Å². The van der Waals surface area contributed by atoms with Crippen LogP contribution < -0.4 is 10.6 Å². The van der Waals surface area contributed by atoms with Crippen LogP contribution in [0, 0.1) is 5.82 Å². The van der Waals surface area contributed by atoms with Gasteiger partial charge in [-0.15, -0.1) is 6.58 Å². The van der Waals surface area contributed by atoms with Crippen LogP contribution in [0.15, 0.2) is 30.9 Å². The van der Waals surface area contributed by atoms with Crippen molar-refractivity contribution in [1.29, 1.82) is 0 Å². The highest BCUT2D eigenvalue weighted by molar-refractivity contribution is 6.31. The van der Waals surface area contributed by atoms with Gasteiger partial charge in [0.1, 0.15) is 5.82 Å². The van der Waals surface area contributed by atoms with Crippen LogP contribution in [0.2, 0.25) is 5.02 Å². The van der Waals surface area contributed by atoms with E-state index in [9.17, 15) is 9.18 Å². The van der Waals surface area contributed by atoms with Crippen LogP contribution in [0.25, 0.3) is 0 Å². The molecular formula is C12H14ClFN2O. The maximum atomic E-state index is 12.9.